The number of hydrogen-bond acceptors (Lipinski definition) is 2. The van der Waals surface area contributed by atoms with Crippen molar-refractivity contribution in [2.45, 2.75) is 6.42 Å². The molecule has 0 radical (unpaired) electrons. The normalized spacial score (nSPS) is 11.3. The molecule has 18 heavy (non-hydrogen) atoms. The molecule has 0 bridgehead atoms. The van der Waals surface area contributed by atoms with Gasteiger partial charge in [-0.3, -0.25) is 0 Å². The number of rotatable bonds is 4. The number of fused-ring (bicyclic) bond motifs is 1. The quantitative estimate of drug-likeness (QED) is 0.913. The van der Waals surface area contributed by atoms with Crippen LogP contribution < -0.4 is 0 Å². The fraction of sp³-hybridized carbons (Fsp3) is 0.308. The number of H-pyrrole nitrogens is 1. The lowest BCUT2D eigenvalue weighted by molar-refractivity contribution is 0.0699. The van der Waals surface area contributed by atoms with Crippen molar-refractivity contribution in [3.63, 3.8) is 0 Å². The van der Waals surface area contributed by atoms with E-state index in [0.29, 0.717) is 5.56 Å². The summed E-state index contributed by atoms with van der Waals surface area (Å²) in [7, 11) is 4.00. The van der Waals surface area contributed by atoms with Gasteiger partial charge in [-0.05, 0) is 54.1 Å². The number of nitrogens with zero attached hydrogens (tertiary/aromatic N) is 1. The lowest BCUT2D eigenvalue weighted by Gasteiger charge is -2.09. The Balaban J connectivity index is 2.56. The van der Waals surface area contributed by atoms with Crippen LogP contribution in [0.3, 0.4) is 0 Å². The van der Waals surface area contributed by atoms with Crippen LogP contribution in [0.5, 0.6) is 0 Å². The van der Waals surface area contributed by atoms with E-state index in [4.69, 9.17) is 0 Å². The van der Waals surface area contributed by atoms with Crippen LogP contribution in [0.1, 0.15) is 15.9 Å². The van der Waals surface area contributed by atoms with Crippen LogP contribution in [0.4, 0.5) is 0 Å². The number of carboxylic acids is 1. The summed E-state index contributed by atoms with van der Waals surface area (Å²) < 4.78 is 0.869. The van der Waals surface area contributed by atoms with Gasteiger partial charge in [0.2, 0.25) is 0 Å². The summed E-state index contributed by atoms with van der Waals surface area (Å²) in [6.07, 6.45) is 0.803. The molecule has 5 heteroatoms. The maximum atomic E-state index is 11.3. The van der Waals surface area contributed by atoms with Crippen LogP contribution in [-0.4, -0.2) is 41.6 Å². The number of aromatic nitrogens is 1. The number of aromatic amines is 1. The van der Waals surface area contributed by atoms with Crippen LogP contribution in [0, 0.1) is 0 Å². The molecule has 0 atom stereocenters. The van der Waals surface area contributed by atoms with E-state index in [1.807, 2.05) is 20.2 Å². The van der Waals surface area contributed by atoms with Crippen molar-refractivity contribution >= 4 is 32.8 Å². The minimum atomic E-state index is -0.891. The van der Waals surface area contributed by atoms with Crippen LogP contribution in [-0.2, 0) is 6.42 Å². The highest BCUT2D eigenvalue weighted by Gasteiger charge is 2.16. The molecule has 0 aliphatic heterocycles. The molecule has 0 fully saturated rings. The van der Waals surface area contributed by atoms with Crippen molar-refractivity contribution in [3.05, 3.63) is 33.9 Å². The number of likely N-dealkylation sites (N-methyl/N-ethyl adjacent to an activating group) is 1. The molecular weight excluding hydrogens is 296 g/mol. The van der Waals surface area contributed by atoms with E-state index in [1.165, 1.54) is 0 Å². The molecule has 0 amide bonds. The van der Waals surface area contributed by atoms with Gasteiger partial charge in [-0.2, -0.15) is 0 Å². The van der Waals surface area contributed by atoms with Crippen molar-refractivity contribution in [2.75, 3.05) is 20.6 Å². The molecule has 2 rings (SSSR count). The minimum Gasteiger partial charge on any atom is -0.478 e. The number of hydrogen-bond donors (Lipinski definition) is 2. The lowest BCUT2D eigenvalue weighted by Crippen LogP contribution is -2.15. The lowest BCUT2D eigenvalue weighted by atomic mass is 10.0. The topological polar surface area (TPSA) is 56.3 Å². The summed E-state index contributed by atoms with van der Waals surface area (Å²) in [6, 6.07) is 5.29. The highest BCUT2D eigenvalue weighted by atomic mass is 79.9. The van der Waals surface area contributed by atoms with E-state index >= 15 is 0 Å². The van der Waals surface area contributed by atoms with Gasteiger partial charge in [0, 0.05) is 17.4 Å². The Hall–Kier alpha value is -1.33. The second kappa shape index (κ2) is 5.12. The van der Waals surface area contributed by atoms with Crippen LogP contribution in [0.15, 0.2) is 22.8 Å². The molecule has 0 aliphatic carbocycles. The number of nitrogens with one attached hydrogen (secondary N) is 1. The number of benzene rings is 1. The number of carboxylic acid groups (broad SMARTS) is 1. The second-order valence-electron chi connectivity index (χ2n) is 4.50. The van der Waals surface area contributed by atoms with Gasteiger partial charge in [-0.25, -0.2) is 4.79 Å². The zero-order valence-electron chi connectivity index (χ0n) is 10.3. The smallest absolute Gasteiger partial charge is 0.336 e. The Morgan fingerprint density at radius 3 is 2.78 bits per heavy atom. The van der Waals surface area contributed by atoms with Crippen molar-refractivity contribution in [1.29, 1.82) is 0 Å². The molecule has 0 saturated carbocycles. The molecule has 0 aliphatic rings. The molecule has 2 N–H and O–H groups in total. The largest absolute Gasteiger partial charge is 0.478 e. The first-order valence-electron chi connectivity index (χ1n) is 5.67. The summed E-state index contributed by atoms with van der Waals surface area (Å²) in [4.78, 5) is 16.5. The molecular formula is C13H15BrN2O2. The standard InChI is InChI=1S/C13H15BrN2O2/c1-16(2)7-6-8-11-9(13(17)18)4-3-5-10(11)15-12(8)14/h3-5,15H,6-7H2,1-2H3,(H,17,18). The van der Waals surface area contributed by atoms with Crippen LogP contribution in [0.2, 0.25) is 0 Å². The molecule has 1 aromatic carbocycles. The Bertz CT molecular complexity index is 590. The maximum Gasteiger partial charge on any atom is 0.336 e. The molecule has 0 saturated heterocycles. The Morgan fingerprint density at radius 1 is 1.44 bits per heavy atom. The minimum absolute atomic E-state index is 0.350. The summed E-state index contributed by atoms with van der Waals surface area (Å²) in [5, 5.41) is 10.1. The SMILES string of the molecule is CN(C)CCc1c(Br)[nH]c2cccc(C(=O)O)c12. The van der Waals surface area contributed by atoms with E-state index in [-0.39, 0.29) is 0 Å². The van der Waals surface area contributed by atoms with Gasteiger partial charge < -0.3 is 15.0 Å². The van der Waals surface area contributed by atoms with Gasteiger partial charge in [0.15, 0.2) is 0 Å². The number of aromatic carboxylic acids is 1. The Kier molecular flexibility index (Phi) is 3.73. The molecule has 1 aromatic heterocycles. The zero-order valence-corrected chi connectivity index (χ0v) is 11.9. The summed E-state index contributed by atoms with van der Waals surface area (Å²) in [5.74, 6) is -0.891. The van der Waals surface area contributed by atoms with Gasteiger partial charge in [0.25, 0.3) is 0 Å². The fourth-order valence-electron chi connectivity index (χ4n) is 2.03. The molecule has 96 valence electrons. The van der Waals surface area contributed by atoms with E-state index in [2.05, 4.69) is 25.8 Å². The average molecular weight is 311 g/mol. The first-order valence-corrected chi connectivity index (χ1v) is 6.47. The van der Waals surface area contributed by atoms with Crippen molar-refractivity contribution in [1.82, 2.24) is 9.88 Å². The molecule has 4 nitrogen and oxygen atoms in total. The van der Waals surface area contributed by atoms with Crippen LogP contribution in [0.25, 0.3) is 10.9 Å². The average Bonchev–Trinajstić information content (AvgIpc) is 2.61. The maximum absolute atomic E-state index is 11.3. The summed E-state index contributed by atoms with van der Waals surface area (Å²) in [5.41, 5.74) is 2.23. The van der Waals surface area contributed by atoms with Crippen molar-refractivity contribution in [3.8, 4) is 0 Å². The summed E-state index contributed by atoms with van der Waals surface area (Å²) in [6.45, 7) is 0.875. The van der Waals surface area contributed by atoms with Gasteiger partial charge in [-0.1, -0.05) is 6.07 Å². The third-order valence-corrected chi connectivity index (χ3v) is 3.59. The Morgan fingerprint density at radius 2 is 2.17 bits per heavy atom. The third-order valence-electron chi connectivity index (χ3n) is 2.92. The van der Waals surface area contributed by atoms with E-state index < -0.39 is 5.97 Å². The molecule has 2 aromatic rings. The van der Waals surface area contributed by atoms with E-state index in [9.17, 15) is 9.90 Å². The number of carbonyl (C=O) groups is 1. The molecule has 0 spiro atoms. The summed E-state index contributed by atoms with van der Waals surface area (Å²) >= 11 is 3.48. The second-order valence-corrected chi connectivity index (χ2v) is 5.30. The van der Waals surface area contributed by atoms with Crippen molar-refractivity contribution in [2.24, 2.45) is 0 Å². The van der Waals surface area contributed by atoms with Gasteiger partial charge >= 0.3 is 5.97 Å². The van der Waals surface area contributed by atoms with E-state index in [0.717, 1.165) is 34.0 Å². The van der Waals surface area contributed by atoms with Gasteiger partial charge in [0.05, 0.1) is 10.2 Å². The van der Waals surface area contributed by atoms with Gasteiger partial charge in [0.1, 0.15) is 0 Å². The zero-order chi connectivity index (χ0) is 13.3. The fourth-order valence-corrected chi connectivity index (χ4v) is 2.64. The molecule has 0 unspecified atom stereocenters. The first-order chi connectivity index (χ1) is 8.50. The monoisotopic (exact) mass is 310 g/mol. The third kappa shape index (κ3) is 2.42. The van der Waals surface area contributed by atoms with Gasteiger partial charge in [-0.15, -0.1) is 0 Å². The predicted molar refractivity (Wildman–Crippen MR) is 75.2 cm³/mol. The highest BCUT2D eigenvalue weighted by molar-refractivity contribution is 9.10. The van der Waals surface area contributed by atoms with Crippen molar-refractivity contribution < 1.29 is 9.90 Å². The van der Waals surface area contributed by atoms with E-state index in [1.54, 1.807) is 12.1 Å². The highest BCUT2D eigenvalue weighted by Crippen LogP contribution is 2.29. The number of halogens is 1. The predicted octanol–water partition coefficient (Wildman–Crippen LogP) is 2.73. The Labute approximate surface area is 114 Å². The van der Waals surface area contributed by atoms with Crippen LogP contribution >= 0.6 is 15.9 Å². The molecule has 1 heterocycles. The first kappa shape index (κ1) is 13.1.